The average Bonchev–Trinajstić information content (AvgIpc) is 2.87. The van der Waals surface area contributed by atoms with Crippen molar-refractivity contribution >= 4 is 17.0 Å². The lowest BCUT2D eigenvalue weighted by molar-refractivity contribution is -0.130. The molecule has 0 spiro atoms. The fourth-order valence-corrected chi connectivity index (χ4v) is 2.20. The van der Waals surface area contributed by atoms with E-state index in [-0.39, 0.29) is 11.5 Å². The summed E-state index contributed by atoms with van der Waals surface area (Å²) in [5, 5.41) is 19.2. The summed E-state index contributed by atoms with van der Waals surface area (Å²) in [4.78, 5) is 18.2. The maximum absolute atomic E-state index is 13.2. The van der Waals surface area contributed by atoms with Gasteiger partial charge in [-0.2, -0.15) is 4.98 Å². The van der Waals surface area contributed by atoms with Crippen LogP contribution in [0.15, 0.2) is 17.1 Å². The molecular formula is C13H19FN4O4. The fourth-order valence-electron chi connectivity index (χ4n) is 2.20. The molecule has 0 bridgehead atoms. The van der Waals surface area contributed by atoms with Gasteiger partial charge in [-0.1, -0.05) is 0 Å². The Labute approximate surface area is 125 Å². The molecule has 122 valence electrons. The van der Waals surface area contributed by atoms with Crippen molar-refractivity contribution in [1.82, 2.24) is 14.5 Å². The van der Waals surface area contributed by atoms with E-state index in [4.69, 9.17) is 10.5 Å². The minimum atomic E-state index is -1.55. The number of halogens is 1. The number of H-pyrrole nitrogens is 1. The smallest absolute Gasteiger partial charge is 0.261 e. The van der Waals surface area contributed by atoms with Gasteiger partial charge in [0.05, 0.1) is 12.0 Å². The summed E-state index contributed by atoms with van der Waals surface area (Å²) in [6.07, 6.45) is -3.25. The molecule has 4 atom stereocenters. The van der Waals surface area contributed by atoms with Gasteiger partial charge in [0.1, 0.15) is 24.6 Å². The first-order valence-electron chi connectivity index (χ1n) is 6.80. The zero-order valence-corrected chi connectivity index (χ0v) is 12.2. The summed E-state index contributed by atoms with van der Waals surface area (Å²) < 4.78 is 20.2. The SMILES string of the molecule is CC(F)C(O)C(CO)O[C@H](C)n1ccc2c(=O)[nH]c(N)nc21. The zero-order chi connectivity index (χ0) is 16.4. The Morgan fingerprint density at radius 3 is 2.82 bits per heavy atom. The average molecular weight is 314 g/mol. The van der Waals surface area contributed by atoms with Crippen LogP contribution in [0.25, 0.3) is 11.0 Å². The third kappa shape index (κ3) is 3.11. The topological polar surface area (TPSA) is 126 Å². The lowest BCUT2D eigenvalue weighted by Crippen LogP contribution is -2.39. The van der Waals surface area contributed by atoms with Crippen molar-refractivity contribution < 1.29 is 19.3 Å². The Hall–Kier alpha value is -1.97. The molecule has 3 unspecified atom stereocenters. The predicted octanol–water partition coefficient (Wildman–Crippen LogP) is -0.0783. The molecule has 0 aromatic carbocycles. The Morgan fingerprint density at radius 2 is 2.23 bits per heavy atom. The minimum absolute atomic E-state index is 0.0410. The van der Waals surface area contributed by atoms with Crippen LogP contribution < -0.4 is 11.3 Å². The van der Waals surface area contributed by atoms with E-state index in [0.29, 0.717) is 11.0 Å². The molecule has 2 aromatic rings. The molecule has 0 saturated heterocycles. The van der Waals surface area contributed by atoms with Gasteiger partial charge < -0.3 is 25.3 Å². The van der Waals surface area contributed by atoms with Crippen molar-refractivity contribution in [2.75, 3.05) is 12.3 Å². The summed E-state index contributed by atoms with van der Waals surface area (Å²) >= 11 is 0. The number of aromatic amines is 1. The van der Waals surface area contributed by atoms with Gasteiger partial charge in [-0.15, -0.1) is 0 Å². The molecule has 9 heteroatoms. The molecule has 0 aliphatic rings. The molecule has 22 heavy (non-hydrogen) atoms. The van der Waals surface area contributed by atoms with E-state index in [1.165, 1.54) is 11.5 Å². The number of nitrogens with one attached hydrogen (secondary N) is 1. The van der Waals surface area contributed by atoms with Crippen molar-refractivity contribution in [3.63, 3.8) is 0 Å². The molecule has 0 aliphatic carbocycles. The maximum atomic E-state index is 13.2. The summed E-state index contributed by atoms with van der Waals surface area (Å²) in [5.41, 5.74) is 5.43. The Balaban J connectivity index is 2.30. The second-order valence-electron chi connectivity index (χ2n) is 5.04. The number of aromatic nitrogens is 3. The Morgan fingerprint density at radius 1 is 1.55 bits per heavy atom. The number of aliphatic hydroxyl groups is 2. The highest BCUT2D eigenvalue weighted by atomic mass is 19.1. The molecule has 0 fully saturated rings. The number of rotatable bonds is 6. The summed E-state index contributed by atoms with van der Waals surface area (Å²) in [5.74, 6) is -0.0410. The van der Waals surface area contributed by atoms with Gasteiger partial charge in [-0.25, -0.2) is 4.39 Å². The number of fused-ring (bicyclic) bond motifs is 1. The molecule has 0 saturated carbocycles. The molecule has 8 nitrogen and oxygen atoms in total. The van der Waals surface area contributed by atoms with E-state index in [1.54, 1.807) is 19.2 Å². The van der Waals surface area contributed by atoms with Crippen LogP contribution in [0.4, 0.5) is 10.3 Å². The number of nitrogens with zero attached hydrogens (tertiary/aromatic N) is 2. The summed E-state index contributed by atoms with van der Waals surface area (Å²) in [6, 6.07) is 1.54. The van der Waals surface area contributed by atoms with Crippen molar-refractivity contribution in [1.29, 1.82) is 0 Å². The number of alkyl halides is 1. The van der Waals surface area contributed by atoms with E-state index in [1.807, 2.05) is 0 Å². The largest absolute Gasteiger partial charge is 0.394 e. The lowest BCUT2D eigenvalue weighted by atomic mass is 10.1. The van der Waals surface area contributed by atoms with E-state index >= 15 is 0 Å². The van der Waals surface area contributed by atoms with Gasteiger partial charge in [-0.3, -0.25) is 9.78 Å². The molecule has 5 N–H and O–H groups in total. The van der Waals surface area contributed by atoms with E-state index in [2.05, 4.69) is 9.97 Å². The van der Waals surface area contributed by atoms with Gasteiger partial charge in [0.25, 0.3) is 5.56 Å². The second-order valence-corrected chi connectivity index (χ2v) is 5.04. The quantitative estimate of drug-likeness (QED) is 0.591. The van der Waals surface area contributed by atoms with Crippen LogP contribution in [0.2, 0.25) is 0 Å². The Bertz CT molecular complexity index is 699. The van der Waals surface area contributed by atoms with Gasteiger partial charge in [0.15, 0.2) is 5.65 Å². The van der Waals surface area contributed by atoms with Crippen molar-refractivity contribution in [3.05, 3.63) is 22.6 Å². The van der Waals surface area contributed by atoms with Gasteiger partial charge in [0.2, 0.25) is 5.95 Å². The van der Waals surface area contributed by atoms with Crippen LogP contribution in [-0.4, -0.2) is 49.7 Å². The third-order valence-corrected chi connectivity index (χ3v) is 3.39. The van der Waals surface area contributed by atoms with Gasteiger partial charge in [0, 0.05) is 6.20 Å². The summed E-state index contributed by atoms with van der Waals surface area (Å²) in [7, 11) is 0. The van der Waals surface area contributed by atoms with Crippen LogP contribution >= 0.6 is 0 Å². The first-order chi connectivity index (χ1) is 10.3. The molecule has 0 amide bonds. The molecule has 0 aliphatic heterocycles. The van der Waals surface area contributed by atoms with Gasteiger partial charge >= 0.3 is 0 Å². The molecular weight excluding hydrogens is 295 g/mol. The predicted molar refractivity (Wildman–Crippen MR) is 78.0 cm³/mol. The van der Waals surface area contributed by atoms with Crippen LogP contribution in [0.1, 0.15) is 20.1 Å². The highest BCUT2D eigenvalue weighted by Gasteiger charge is 2.27. The Kier molecular flexibility index (Phi) is 4.79. The monoisotopic (exact) mass is 314 g/mol. The van der Waals surface area contributed by atoms with Crippen LogP contribution in [0, 0.1) is 0 Å². The van der Waals surface area contributed by atoms with E-state index < -0.39 is 31.2 Å². The normalized spacial score (nSPS) is 17.3. The molecule has 2 aromatic heterocycles. The maximum Gasteiger partial charge on any atom is 0.261 e. The standard InChI is InChI=1S/C13H19FN4O4/c1-6(14)10(20)9(5-19)22-7(2)18-4-3-8-11(18)16-13(15)17-12(8)21/h3-4,6-7,9-10,19-20H,5H2,1-2H3,(H3,15,16,17,21)/t6?,7-,9?,10?/m1/s1. The molecule has 2 rings (SSSR count). The third-order valence-electron chi connectivity index (χ3n) is 3.39. The van der Waals surface area contributed by atoms with Crippen molar-refractivity contribution in [2.45, 2.75) is 38.5 Å². The lowest BCUT2D eigenvalue weighted by Gasteiger charge is -2.26. The summed E-state index contributed by atoms with van der Waals surface area (Å²) in [6.45, 7) is 2.25. The minimum Gasteiger partial charge on any atom is -0.394 e. The molecule has 2 heterocycles. The van der Waals surface area contributed by atoms with Crippen molar-refractivity contribution in [2.24, 2.45) is 0 Å². The number of aliphatic hydroxyl groups excluding tert-OH is 2. The number of hydrogen-bond donors (Lipinski definition) is 4. The van der Waals surface area contributed by atoms with Crippen LogP contribution in [0.5, 0.6) is 0 Å². The first-order valence-corrected chi connectivity index (χ1v) is 6.80. The fraction of sp³-hybridized carbons (Fsp3) is 0.538. The number of nitrogen functional groups attached to an aromatic ring is 1. The second kappa shape index (κ2) is 6.42. The van der Waals surface area contributed by atoms with Crippen LogP contribution in [-0.2, 0) is 4.74 Å². The van der Waals surface area contributed by atoms with E-state index in [9.17, 15) is 19.4 Å². The van der Waals surface area contributed by atoms with Crippen molar-refractivity contribution in [3.8, 4) is 0 Å². The van der Waals surface area contributed by atoms with E-state index in [0.717, 1.165) is 0 Å². The highest BCUT2D eigenvalue weighted by Crippen LogP contribution is 2.20. The number of nitrogens with two attached hydrogens (primary N) is 1. The van der Waals surface area contributed by atoms with Crippen LogP contribution in [0.3, 0.4) is 0 Å². The molecule has 0 radical (unpaired) electrons. The van der Waals surface area contributed by atoms with Gasteiger partial charge in [-0.05, 0) is 19.9 Å². The highest BCUT2D eigenvalue weighted by molar-refractivity contribution is 5.75. The number of ether oxygens (including phenoxy) is 1. The number of anilines is 1. The first kappa shape index (κ1) is 16.4. The number of hydrogen-bond acceptors (Lipinski definition) is 6. The zero-order valence-electron chi connectivity index (χ0n) is 12.2.